The van der Waals surface area contributed by atoms with Gasteiger partial charge in [-0.25, -0.2) is 0 Å². The zero-order valence-electron chi connectivity index (χ0n) is 11.1. The van der Waals surface area contributed by atoms with Crippen LogP contribution in [0.3, 0.4) is 0 Å². The molecule has 1 amide bonds. The van der Waals surface area contributed by atoms with Crippen LogP contribution in [0.1, 0.15) is 32.4 Å². The van der Waals surface area contributed by atoms with Crippen LogP contribution < -0.4 is 5.32 Å². The highest BCUT2D eigenvalue weighted by Gasteiger charge is 2.16. The Hall–Kier alpha value is -1.00. The lowest BCUT2D eigenvalue weighted by Crippen LogP contribution is -2.33. The maximum Gasteiger partial charge on any atom is 0.230 e. The minimum absolute atomic E-state index is 0.0437. The molecule has 18 heavy (non-hydrogen) atoms. The smallest absolute Gasteiger partial charge is 0.230 e. The van der Waals surface area contributed by atoms with Crippen molar-refractivity contribution in [2.24, 2.45) is 0 Å². The summed E-state index contributed by atoms with van der Waals surface area (Å²) in [7, 11) is 0. The number of thioether (sulfide) groups is 1. The molecule has 0 radical (unpaired) electrons. The van der Waals surface area contributed by atoms with E-state index in [4.69, 9.17) is 0 Å². The fourth-order valence-electron chi connectivity index (χ4n) is 1.44. The molecule has 0 saturated carbocycles. The highest BCUT2D eigenvalue weighted by molar-refractivity contribution is 8.01. The highest BCUT2D eigenvalue weighted by atomic mass is 32.2. The summed E-state index contributed by atoms with van der Waals surface area (Å²) >= 11 is 1.60. The van der Waals surface area contributed by atoms with Crippen molar-refractivity contribution in [1.29, 1.82) is 0 Å². The number of aliphatic hydroxyl groups excluding tert-OH is 1. The average Bonchev–Trinajstić information content (AvgIpc) is 2.33. The molecule has 0 saturated heterocycles. The number of carbonyl (C=O) groups is 1. The van der Waals surface area contributed by atoms with Crippen molar-refractivity contribution in [1.82, 2.24) is 5.32 Å². The fourth-order valence-corrected chi connectivity index (χ4v) is 2.09. The van der Waals surface area contributed by atoms with E-state index < -0.39 is 0 Å². The van der Waals surface area contributed by atoms with Crippen LogP contribution in [0, 0.1) is 0 Å². The molecular formula is C14H21NO2S. The summed E-state index contributed by atoms with van der Waals surface area (Å²) in [5.41, 5.74) is 0.925. The molecular weight excluding hydrogens is 246 g/mol. The second kappa shape index (κ2) is 6.81. The largest absolute Gasteiger partial charge is 0.394 e. The average molecular weight is 267 g/mol. The zero-order valence-corrected chi connectivity index (χ0v) is 12.0. The van der Waals surface area contributed by atoms with E-state index in [-0.39, 0.29) is 23.3 Å². The van der Waals surface area contributed by atoms with Gasteiger partial charge in [0.25, 0.3) is 0 Å². The summed E-state index contributed by atoms with van der Waals surface area (Å²) in [4.78, 5) is 11.8. The van der Waals surface area contributed by atoms with Crippen LogP contribution in [-0.4, -0.2) is 28.1 Å². The van der Waals surface area contributed by atoms with Crippen LogP contribution in [0.5, 0.6) is 0 Å². The standard InChI is InChI=1S/C14H21NO2S/c1-14(2,3)18-10-13(17)15-12(9-16)11-7-5-4-6-8-11/h4-8,12,16H,9-10H2,1-3H3,(H,15,17). The number of aliphatic hydroxyl groups is 1. The summed E-state index contributed by atoms with van der Waals surface area (Å²) in [5, 5.41) is 12.2. The molecule has 4 heteroatoms. The molecule has 0 aromatic heterocycles. The van der Waals surface area contributed by atoms with Crippen molar-refractivity contribution in [2.75, 3.05) is 12.4 Å². The number of hydrogen-bond acceptors (Lipinski definition) is 3. The first-order valence-electron chi connectivity index (χ1n) is 6.01. The molecule has 3 nitrogen and oxygen atoms in total. The first kappa shape index (κ1) is 15.1. The second-order valence-electron chi connectivity index (χ2n) is 5.11. The second-order valence-corrected chi connectivity index (χ2v) is 6.92. The van der Waals surface area contributed by atoms with Gasteiger partial charge < -0.3 is 10.4 Å². The molecule has 1 rings (SSSR count). The maximum atomic E-state index is 11.8. The van der Waals surface area contributed by atoms with Crippen LogP contribution in [0.4, 0.5) is 0 Å². The van der Waals surface area contributed by atoms with Crippen LogP contribution in [0.25, 0.3) is 0 Å². The van der Waals surface area contributed by atoms with Gasteiger partial charge in [0.05, 0.1) is 18.4 Å². The van der Waals surface area contributed by atoms with E-state index in [1.165, 1.54) is 0 Å². The topological polar surface area (TPSA) is 49.3 Å². The molecule has 1 aromatic rings. The van der Waals surface area contributed by atoms with Gasteiger partial charge in [-0.3, -0.25) is 4.79 Å². The molecule has 2 N–H and O–H groups in total. The summed E-state index contributed by atoms with van der Waals surface area (Å²) in [6.07, 6.45) is 0. The Kier molecular flexibility index (Phi) is 5.69. The Balaban J connectivity index is 2.51. The third-order valence-corrected chi connectivity index (χ3v) is 3.63. The van der Waals surface area contributed by atoms with E-state index in [0.717, 1.165) is 5.56 Å². The van der Waals surface area contributed by atoms with Gasteiger partial charge in [-0.2, -0.15) is 0 Å². The summed E-state index contributed by atoms with van der Waals surface area (Å²) in [6.45, 7) is 6.14. The third-order valence-electron chi connectivity index (χ3n) is 2.36. The lowest BCUT2D eigenvalue weighted by Gasteiger charge is -2.20. The van der Waals surface area contributed by atoms with Crippen LogP contribution in [0.15, 0.2) is 30.3 Å². The highest BCUT2D eigenvalue weighted by Crippen LogP contribution is 2.22. The number of nitrogens with one attached hydrogen (secondary N) is 1. The predicted molar refractivity (Wildman–Crippen MR) is 76.6 cm³/mol. The Morgan fingerprint density at radius 2 is 1.94 bits per heavy atom. The number of hydrogen-bond donors (Lipinski definition) is 2. The molecule has 0 aliphatic heterocycles. The molecule has 0 fully saturated rings. The lowest BCUT2D eigenvalue weighted by molar-refractivity contribution is -0.119. The monoisotopic (exact) mass is 267 g/mol. The number of benzene rings is 1. The molecule has 1 aromatic carbocycles. The minimum Gasteiger partial charge on any atom is -0.394 e. The summed E-state index contributed by atoms with van der Waals surface area (Å²) in [5.74, 6) is 0.366. The van der Waals surface area contributed by atoms with Crippen LogP contribution in [-0.2, 0) is 4.79 Å². The third kappa shape index (κ3) is 5.56. The Morgan fingerprint density at radius 3 is 2.44 bits per heavy atom. The van der Waals surface area contributed by atoms with Gasteiger partial charge in [0, 0.05) is 4.75 Å². The fraction of sp³-hybridized carbons (Fsp3) is 0.500. The quantitative estimate of drug-likeness (QED) is 0.861. The molecule has 0 bridgehead atoms. The molecule has 0 aliphatic carbocycles. The van der Waals surface area contributed by atoms with E-state index in [1.54, 1.807) is 11.8 Å². The van der Waals surface area contributed by atoms with Gasteiger partial charge in [-0.1, -0.05) is 51.1 Å². The van der Waals surface area contributed by atoms with Crippen molar-refractivity contribution < 1.29 is 9.90 Å². The zero-order chi connectivity index (χ0) is 13.6. The lowest BCUT2D eigenvalue weighted by atomic mass is 10.1. The Labute approximate surface area is 113 Å². The Morgan fingerprint density at radius 1 is 1.33 bits per heavy atom. The van der Waals surface area contributed by atoms with E-state index in [0.29, 0.717) is 5.75 Å². The van der Waals surface area contributed by atoms with Crippen LogP contribution >= 0.6 is 11.8 Å². The minimum atomic E-state index is -0.320. The first-order chi connectivity index (χ1) is 8.42. The number of carbonyl (C=O) groups excluding carboxylic acids is 1. The van der Waals surface area contributed by atoms with Gasteiger partial charge >= 0.3 is 0 Å². The summed E-state index contributed by atoms with van der Waals surface area (Å²) < 4.78 is 0.0683. The van der Waals surface area contributed by atoms with Crippen molar-refractivity contribution >= 4 is 17.7 Å². The van der Waals surface area contributed by atoms with Crippen molar-refractivity contribution in [3.8, 4) is 0 Å². The first-order valence-corrected chi connectivity index (χ1v) is 7.00. The maximum absolute atomic E-state index is 11.8. The van der Waals surface area contributed by atoms with E-state index in [1.807, 2.05) is 30.3 Å². The van der Waals surface area contributed by atoms with E-state index >= 15 is 0 Å². The molecule has 0 spiro atoms. The van der Waals surface area contributed by atoms with Gasteiger partial charge in [0.2, 0.25) is 5.91 Å². The van der Waals surface area contributed by atoms with Crippen molar-refractivity contribution in [2.45, 2.75) is 31.6 Å². The molecule has 100 valence electrons. The molecule has 1 atom stereocenters. The SMILES string of the molecule is CC(C)(C)SCC(=O)NC(CO)c1ccccc1. The Bertz CT molecular complexity index is 373. The van der Waals surface area contributed by atoms with Gasteiger partial charge in [-0.05, 0) is 5.56 Å². The molecule has 0 aliphatic rings. The number of amides is 1. The van der Waals surface area contributed by atoms with E-state index in [2.05, 4.69) is 26.1 Å². The van der Waals surface area contributed by atoms with E-state index in [9.17, 15) is 9.90 Å². The van der Waals surface area contributed by atoms with Gasteiger partial charge in [0.15, 0.2) is 0 Å². The summed E-state index contributed by atoms with van der Waals surface area (Å²) in [6, 6.07) is 9.19. The predicted octanol–water partition coefficient (Wildman–Crippen LogP) is 2.37. The molecule has 1 unspecified atom stereocenters. The van der Waals surface area contributed by atoms with Crippen LogP contribution in [0.2, 0.25) is 0 Å². The normalized spacial score (nSPS) is 13.1. The molecule has 0 heterocycles. The van der Waals surface area contributed by atoms with Gasteiger partial charge in [-0.15, -0.1) is 11.8 Å². The van der Waals surface area contributed by atoms with Gasteiger partial charge in [0.1, 0.15) is 0 Å². The number of rotatable bonds is 5. The van der Waals surface area contributed by atoms with Crippen molar-refractivity contribution in [3.63, 3.8) is 0 Å². The van der Waals surface area contributed by atoms with Crippen molar-refractivity contribution in [3.05, 3.63) is 35.9 Å².